The number of carbonyl (C=O) groups excluding carboxylic acids is 1. The van der Waals surface area contributed by atoms with Crippen molar-refractivity contribution in [3.8, 4) is 0 Å². The summed E-state index contributed by atoms with van der Waals surface area (Å²) in [6, 6.07) is 8.47. The number of likely N-dealkylation sites (tertiary alicyclic amines) is 1. The third kappa shape index (κ3) is 3.09. The van der Waals surface area contributed by atoms with Crippen molar-refractivity contribution >= 4 is 16.8 Å². The SMILES string of the molecule is Cc1nc2ccccc2c(C)c1CC(=O)N1CCCC(n2ccnc2)C1. The molecule has 0 saturated carbocycles. The number of nitrogens with zero attached hydrogens (tertiary/aromatic N) is 4. The number of benzene rings is 1. The van der Waals surface area contributed by atoms with Gasteiger partial charge in [0.05, 0.1) is 24.3 Å². The minimum atomic E-state index is 0.193. The molecule has 0 spiro atoms. The van der Waals surface area contributed by atoms with Crippen molar-refractivity contribution in [1.82, 2.24) is 19.4 Å². The van der Waals surface area contributed by atoms with Gasteiger partial charge in [0.15, 0.2) is 0 Å². The van der Waals surface area contributed by atoms with Crippen LogP contribution in [-0.2, 0) is 11.2 Å². The molecule has 1 fully saturated rings. The summed E-state index contributed by atoms with van der Waals surface area (Å²) in [6.07, 6.45) is 8.18. The first kappa shape index (κ1) is 16.8. The molecule has 5 nitrogen and oxygen atoms in total. The molecule has 0 bridgehead atoms. The van der Waals surface area contributed by atoms with Crippen LogP contribution in [0.2, 0.25) is 0 Å². The molecule has 26 heavy (non-hydrogen) atoms. The number of imidazole rings is 1. The van der Waals surface area contributed by atoms with Crippen LogP contribution in [0.5, 0.6) is 0 Å². The van der Waals surface area contributed by atoms with E-state index in [2.05, 4.69) is 22.5 Å². The van der Waals surface area contributed by atoms with Gasteiger partial charge in [-0.25, -0.2) is 4.98 Å². The second-order valence-electron chi connectivity index (χ2n) is 7.14. The number of hydrogen-bond acceptors (Lipinski definition) is 3. The topological polar surface area (TPSA) is 51.0 Å². The summed E-state index contributed by atoms with van der Waals surface area (Å²) >= 11 is 0. The first-order chi connectivity index (χ1) is 12.6. The van der Waals surface area contributed by atoms with Gasteiger partial charge >= 0.3 is 0 Å². The van der Waals surface area contributed by atoms with Crippen LogP contribution in [0.15, 0.2) is 43.0 Å². The zero-order valence-electron chi connectivity index (χ0n) is 15.4. The van der Waals surface area contributed by atoms with Gasteiger partial charge < -0.3 is 9.47 Å². The zero-order chi connectivity index (χ0) is 18.1. The van der Waals surface area contributed by atoms with Gasteiger partial charge in [-0.05, 0) is 43.9 Å². The second kappa shape index (κ2) is 6.90. The van der Waals surface area contributed by atoms with E-state index in [9.17, 15) is 4.79 Å². The molecule has 3 aromatic rings. The predicted octanol–water partition coefficient (Wildman–Crippen LogP) is 3.45. The summed E-state index contributed by atoms with van der Waals surface area (Å²) in [4.78, 5) is 23.8. The van der Waals surface area contributed by atoms with E-state index < -0.39 is 0 Å². The Hall–Kier alpha value is -2.69. The molecule has 0 aliphatic carbocycles. The molecule has 2 aromatic heterocycles. The highest BCUT2D eigenvalue weighted by Crippen LogP contribution is 2.25. The number of para-hydroxylation sites is 1. The normalized spacial score (nSPS) is 17.6. The van der Waals surface area contributed by atoms with Crippen molar-refractivity contribution < 1.29 is 4.79 Å². The van der Waals surface area contributed by atoms with Crippen LogP contribution in [0.4, 0.5) is 0 Å². The van der Waals surface area contributed by atoms with Crippen LogP contribution in [0.25, 0.3) is 10.9 Å². The number of aryl methyl sites for hydroxylation is 2. The van der Waals surface area contributed by atoms with Gasteiger partial charge in [0.25, 0.3) is 0 Å². The Labute approximate surface area is 153 Å². The number of hydrogen-bond donors (Lipinski definition) is 0. The molecular formula is C21H24N4O. The van der Waals surface area contributed by atoms with Crippen molar-refractivity contribution in [2.75, 3.05) is 13.1 Å². The minimum Gasteiger partial charge on any atom is -0.340 e. The van der Waals surface area contributed by atoms with E-state index in [0.29, 0.717) is 12.5 Å². The first-order valence-electron chi connectivity index (χ1n) is 9.23. The minimum absolute atomic E-state index is 0.193. The third-order valence-electron chi connectivity index (χ3n) is 5.51. The maximum atomic E-state index is 13.0. The average molecular weight is 348 g/mol. The Morgan fingerprint density at radius 2 is 2.12 bits per heavy atom. The Kier molecular flexibility index (Phi) is 4.45. The fourth-order valence-electron chi connectivity index (χ4n) is 4.00. The molecule has 0 radical (unpaired) electrons. The molecule has 1 atom stereocenters. The van der Waals surface area contributed by atoms with Crippen LogP contribution >= 0.6 is 0 Å². The Balaban J connectivity index is 1.55. The summed E-state index contributed by atoms with van der Waals surface area (Å²) in [5, 5.41) is 1.14. The highest BCUT2D eigenvalue weighted by atomic mass is 16.2. The largest absolute Gasteiger partial charge is 0.340 e. The summed E-state index contributed by atoms with van der Waals surface area (Å²) < 4.78 is 2.12. The number of rotatable bonds is 3. The van der Waals surface area contributed by atoms with Crippen molar-refractivity contribution in [2.24, 2.45) is 0 Å². The van der Waals surface area contributed by atoms with Crippen molar-refractivity contribution in [3.05, 3.63) is 59.8 Å². The van der Waals surface area contributed by atoms with Gasteiger partial charge in [-0.2, -0.15) is 0 Å². The zero-order valence-corrected chi connectivity index (χ0v) is 15.4. The fraction of sp³-hybridized carbons (Fsp3) is 0.381. The van der Waals surface area contributed by atoms with Crippen molar-refractivity contribution in [3.63, 3.8) is 0 Å². The van der Waals surface area contributed by atoms with Gasteiger partial charge in [-0.3, -0.25) is 9.78 Å². The lowest BCUT2D eigenvalue weighted by Gasteiger charge is -2.33. The van der Waals surface area contributed by atoms with Crippen LogP contribution < -0.4 is 0 Å². The first-order valence-corrected chi connectivity index (χ1v) is 9.23. The van der Waals surface area contributed by atoms with Crippen LogP contribution in [-0.4, -0.2) is 38.4 Å². The van der Waals surface area contributed by atoms with E-state index in [1.54, 1.807) is 6.20 Å². The maximum Gasteiger partial charge on any atom is 0.227 e. The van der Waals surface area contributed by atoms with Gasteiger partial charge in [-0.1, -0.05) is 18.2 Å². The molecule has 1 aliphatic heterocycles. The second-order valence-corrected chi connectivity index (χ2v) is 7.14. The van der Waals surface area contributed by atoms with E-state index in [-0.39, 0.29) is 5.91 Å². The van der Waals surface area contributed by atoms with E-state index in [4.69, 9.17) is 4.98 Å². The quantitative estimate of drug-likeness (QED) is 0.728. The summed E-state index contributed by atoms with van der Waals surface area (Å²) in [7, 11) is 0. The number of carbonyl (C=O) groups is 1. The summed E-state index contributed by atoms with van der Waals surface area (Å²) in [5.41, 5.74) is 4.19. The van der Waals surface area contributed by atoms with Gasteiger partial charge in [0, 0.05) is 36.6 Å². The highest BCUT2D eigenvalue weighted by Gasteiger charge is 2.25. The van der Waals surface area contributed by atoms with E-state index in [0.717, 1.165) is 48.1 Å². The van der Waals surface area contributed by atoms with Crippen LogP contribution in [0, 0.1) is 13.8 Å². The average Bonchev–Trinajstić information content (AvgIpc) is 3.20. The molecule has 3 heterocycles. The van der Waals surface area contributed by atoms with E-state index >= 15 is 0 Å². The lowest BCUT2D eigenvalue weighted by Crippen LogP contribution is -2.41. The lowest BCUT2D eigenvalue weighted by molar-refractivity contribution is -0.132. The standard InChI is InChI=1S/C21H24N4O/c1-15-18-7-3-4-8-20(18)23-16(2)19(15)12-21(26)24-10-5-6-17(13-24)25-11-9-22-14-25/h3-4,7-9,11,14,17H,5-6,10,12-13H2,1-2H3. The number of fused-ring (bicyclic) bond motifs is 1. The Morgan fingerprint density at radius 3 is 2.92 bits per heavy atom. The molecular weight excluding hydrogens is 324 g/mol. The number of pyridine rings is 1. The molecule has 1 aliphatic rings. The highest BCUT2D eigenvalue weighted by molar-refractivity contribution is 5.86. The summed E-state index contributed by atoms with van der Waals surface area (Å²) in [5.74, 6) is 0.193. The number of amides is 1. The van der Waals surface area contributed by atoms with Crippen molar-refractivity contribution in [2.45, 2.75) is 39.2 Å². The molecule has 134 valence electrons. The van der Waals surface area contributed by atoms with E-state index in [1.807, 2.05) is 42.5 Å². The smallest absolute Gasteiger partial charge is 0.227 e. The molecule has 1 aromatic carbocycles. The molecule has 0 N–H and O–H groups in total. The van der Waals surface area contributed by atoms with Gasteiger partial charge in [-0.15, -0.1) is 0 Å². The number of aromatic nitrogens is 3. The Bertz CT molecular complexity index is 933. The fourth-order valence-corrected chi connectivity index (χ4v) is 4.00. The van der Waals surface area contributed by atoms with Crippen LogP contribution in [0.3, 0.4) is 0 Å². The third-order valence-corrected chi connectivity index (χ3v) is 5.51. The molecule has 1 unspecified atom stereocenters. The molecule has 4 rings (SSSR count). The van der Waals surface area contributed by atoms with Crippen LogP contribution in [0.1, 0.15) is 35.7 Å². The molecule has 1 saturated heterocycles. The summed E-state index contributed by atoms with van der Waals surface area (Å²) in [6.45, 7) is 5.70. The van der Waals surface area contributed by atoms with Gasteiger partial charge in [0.1, 0.15) is 0 Å². The lowest BCUT2D eigenvalue weighted by atomic mass is 9.98. The predicted molar refractivity (Wildman–Crippen MR) is 102 cm³/mol. The Morgan fingerprint density at radius 1 is 1.27 bits per heavy atom. The maximum absolute atomic E-state index is 13.0. The monoisotopic (exact) mass is 348 g/mol. The number of piperidine rings is 1. The molecule has 1 amide bonds. The van der Waals surface area contributed by atoms with Crippen molar-refractivity contribution in [1.29, 1.82) is 0 Å². The van der Waals surface area contributed by atoms with Gasteiger partial charge in [0.2, 0.25) is 5.91 Å². The molecule has 5 heteroatoms. The van der Waals surface area contributed by atoms with E-state index in [1.165, 1.54) is 5.56 Å².